The zero-order valence-corrected chi connectivity index (χ0v) is 18.0. The molecule has 0 radical (unpaired) electrons. The molecule has 1 heterocycles. The number of hydrogen-bond donors (Lipinski definition) is 1. The van der Waals surface area contributed by atoms with E-state index in [0.717, 1.165) is 41.7 Å². The van der Waals surface area contributed by atoms with Gasteiger partial charge in [-0.15, -0.1) is 0 Å². The van der Waals surface area contributed by atoms with Crippen LogP contribution in [0.1, 0.15) is 37.7 Å². The van der Waals surface area contributed by atoms with Gasteiger partial charge in [-0.05, 0) is 48.9 Å². The first kappa shape index (κ1) is 20.7. The van der Waals surface area contributed by atoms with Crippen molar-refractivity contribution in [1.29, 1.82) is 0 Å². The average Bonchev–Trinajstić information content (AvgIpc) is 3.16. The van der Waals surface area contributed by atoms with E-state index >= 15 is 0 Å². The topological polar surface area (TPSA) is 72.5 Å². The second kappa shape index (κ2) is 8.64. The van der Waals surface area contributed by atoms with Crippen LogP contribution >= 0.6 is 0 Å². The minimum Gasteiger partial charge on any atom is -0.487 e. The lowest BCUT2D eigenvalue weighted by Crippen LogP contribution is -2.34. The molecule has 0 spiro atoms. The minimum atomic E-state index is -3.22. The summed E-state index contributed by atoms with van der Waals surface area (Å²) >= 11 is 0. The summed E-state index contributed by atoms with van der Waals surface area (Å²) in [5.41, 5.74) is 4.20. The Balaban J connectivity index is 1.41. The number of benzene rings is 2. The van der Waals surface area contributed by atoms with Crippen molar-refractivity contribution in [2.24, 2.45) is 0 Å². The summed E-state index contributed by atoms with van der Waals surface area (Å²) in [4.78, 5) is 12.6. The van der Waals surface area contributed by atoms with Crippen molar-refractivity contribution in [3.8, 4) is 16.9 Å². The van der Waals surface area contributed by atoms with Crippen LogP contribution in [0.3, 0.4) is 0 Å². The summed E-state index contributed by atoms with van der Waals surface area (Å²) in [7, 11) is -3.22. The van der Waals surface area contributed by atoms with Crippen LogP contribution in [0.4, 0.5) is 0 Å². The highest BCUT2D eigenvalue weighted by atomic mass is 32.2. The maximum Gasteiger partial charge on any atom is 0.224 e. The lowest BCUT2D eigenvalue weighted by molar-refractivity contribution is -0.120. The van der Waals surface area contributed by atoms with Crippen LogP contribution in [0.5, 0.6) is 5.75 Å². The molecule has 4 rings (SSSR count). The van der Waals surface area contributed by atoms with Gasteiger partial charge in [0.1, 0.15) is 11.9 Å². The fourth-order valence-electron chi connectivity index (χ4n) is 4.12. The minimum absolute atomic E-state index is 0.0549. The molecule has 1 amide bonds. The second-order valence-electron chi connectivity index (χ2n) is 8.12. The molecule has 2 aromatic carbocycles. The van der Waals surface area contributed by atoms with Gasteiger partial charge in [-0.1, -0.05) is 42.0 Å². The second-order valence-corrected chi connectivity index (χ2v) is 10.1. The Hall–Kier alpha value is -2.60. The number of ether oxygens (including phenoxy) is 1. The molecule has 2 aliphatic rings. The lowest BCUT2D eigenvalue weighted by Gasteiger charge is -2.15. The molecule has 0 saturated heterocycles. The van der Waals surface area contributed by atoms with Gasteiger partial charge in [0, 0.05) is 24.7 Å². The molecule has 0 fully saturated rings. The molecule has 1 atom stereocenters. The highest BCUT2D eigenvalue weighted by Gasteiger charge is 2.26. The Morgan fingerprint density at radius 1 is 1.13 bits per heavy atom. The number of para-hydroxylation sites is 1. The summed E-state index contributed by atoms with van der Waals surface area (Å²) in [6, 6.07) is 12.9. The van der Waals surface area contributed by atoms with Crippen molar-refractivity contribution in [3.63, 3.8) is 0 Å². The molecular formula is C24H27NO4S. The monoisotopic (exact) mass is 425 g/mol. The molecule has 0 saturated carbocycles. The lowest BCUT2D eigenvalue weighted by atomic mass is 9.97. The molecule has 30 heavy (non-hydrogen) atoms. The van der Waals surface area contributed by atoms with E-state index in [-0.39, 0.29) is 12.0 Å². The highest BCUT2D eigenvalue weighted by molar-refractivity contribution is 7.90. The molecule has 5 nitrogen and oxygen atoms in total. The molecule has 2 aromatic rings. The maximum absolute atomic E-state index is 12.3. The van der Waals surface area contributed by atoms with Crippen molar-refractivity contribution in [2.75, 3.05) is 12.8 Å². The Kier molecular flexibility index (Phi) is 5.95. The SMILES string of the molecule is CS(=O)(=O)c1ccc(-c2cccc3c2O[C@@H](CNC(=O)CC2=CCCCC2)C3)cc1. The van der Waals surface area contributed by atoms with Gasteiger partial charge in [0.15, 0.2) is 9.84 Å². The Morgan fingerprint density at radius 2 is 1.93 bits per heavy atom. The van der Waals surface area contributed by atoms with E-state index in [1.165, 1.54) is 24.7 Å². The van der Waals surface area contributed by atoms with E-state index in [0.29, 0.717) is 17.9 Å². The molecule has 1 aliphatic heterocycles. The Morgan fingerprint density at radius 3 is 2.63 bits per heavy atom. The molecule has 158 valence electrons. The number of carbonyl (C=O) groups is 1. The van der Waals surface area contributed by atoms with E-state index in [4.69, 9.17) is 4.74 Å². The van der Waals surface area contributed by atoms with Gasteiger partial charge in [-0.25, -0.2) is 8.42 Å². The number of fused-ring (bicyclic) bond motifs is 1. The van der Waals surface area contributed by atoms with Gasteiger partial charge in [0.2, 0.25) is 5.91 Å². The molecule has 0 bridgehead atoms. The van der Waals surface area contributed by atoms with Crippen molar-refractivity contribution >= 4 is 15.7 Å². The fraction of sp³-hybridized carbons (Fsp3) is 0.375. The quantitative estimate of drug-likeness (QED) is 0.708. The summed E-state index contributed by atoms with van der Waals surface area (Å²) in [6.07, 6.45) is 9.04. The van der Waals surface area contributed by atoms with Crippen molar-refractivity contribution in [2.45, 2.75) is 49.5 Å². The molecule has 0 unspecified atom stereocenters. The van der Waals surface area contributed by atoms with Crippen LogP contribution in [0.15, 0.2) is 59.0 Å². The van der Waals surface area contributed by atoms with Gasteiger partial charge >= 0.3 is 0 Å². The number of amides is 1. The predicted octanol–water partition coefficient (Wildman–Crippen LogP) is 4.07. The largest absolute Gasteiger partial charge is 0.487 e. The van der Waals surface area contributed by atoms with Gasteiger partial charge < -0.3 is 10.1 Å². The van der Waals surface area contributed by atoms with Gasteiger partial charge in [-0.2, -0.15) is 0 Å². The molecule has 6 heteroatoms. The molecule has 1 N–H and O–H groups in total. The van der Waals surface area contributed by atoms with E-state index in [9.17, 15) is 13.2 Å². The smallest absolute Gasteiger partial charge is 0.224 e. The van der Waals surface area contributed by atoms with E-state index in [1.807, 2.05) is 30.3 Å². The Bertz CT molecular complexity index is 1070. The standard InChI is InChI=1S/C24H27NO4S/c1-30(27,28)21-12-10-18(11-13-21)22-9-5-8-19-15-20(29-24(19)22)16-25-23(26)14-17-6-3-2-4-7-17/h5-6,8-13,20H,2-4,7,14-16H2,1H3,(H,25,26)/t20-/m1/s1. The normalized spacial score (nSPS) is 18.3. The number of sulfone groups is 1. The summed E-state index contributed by atoms with van der Waals surface area (Å²) in [5, 5.41) is 3.02. The first-order valence-corrected chi connectivity index (χ1v) is 12.3. The van der Waals surface area contributed by atoms with Gasteiger partial charge in [0.05, 0.1) is 11.4 Å². The molecule has 0 aromatic heterocycles. The molecular weight excluding hydrogens is 398 g/mol. The number of hydrogen-bond acceptors (Lipinski definition) is 4. The summed E-state index contributed by atoms with van der Waals surface area (Å²) < 4.78 is 29.6. The number of rotatable bonds is 6. The zero-order chi connectivity index (χ0) is 21.1. The van der Waals surface area contributed by atoms with Crippen molar-refractivity contribution < 1.29 is 17.9 Å². The predicted molar refractivity (Wildman–Crippen MR) is 117 cm³/mol. The van der Waals surface area contributed by atoms with E-state index in [2.05, 4.69) is 11.4 Å². The summed E-state index contributed by atoms with van der Waals surface area (Å²) in [5.74, 6) is 0.873. The highest BCUT2D eigenvalue weighted by Crippen LogP contribution is 2.39. The number of carbonyl (C=O) groups excluding carboxylic acids is 1. The van der Waals surface area contributed by atoms with Crippen molar-refractivity contribution in [3.05, 3.63) is 59.7 Å². The van der Waals surface area contributed by atoms with Crippen LogP contribution in [0.25, 0.3) is 11.1 Å². The average molecular weight is 426 g/mol. The van der Waals surface area contributed by atoms with Gasteiger partial charge in [0.25, 0.3) is 0 Å². The Labute approximate surface area is 178 Å². The number of nitrogens with one attached hydrogen (secondary N) is 1. The van der Waals surface area contributed by atoms with Crippen LogP contribution in [0, 0.1) is 0 Å². The van der Waals surface area contributed by atoms with Crippen LogP contribution in [0.2, 0.25) is 0 Å². The third-order valence-electron chi connectivity index (χ3n) is 5.72. The third kappa shape index (κ3) is 4.75. The van der Waals surface area contributed by atoms with E-state index in [1.54, 1.807) is 12.1 Å². The van der Waals surface area contributed by atoms with Crippen molar-refractivity contribution in [1.82, 2.24) is 5.32 Å². The first-order valence-electron chi connectivity index (χ1n) is 10.4. The maximum atomic E-state index is 12.3. The number of allylic oxidation sites excluding steroid dienone is 1. The molecule has 1 aliphatic carbocycles. The van der Waals surface area contributed by atoms with Crippen LogP contribution in [-0.4, -0.2) is 33.2 Å². The van der Waals surface area contributed by atoms with E-state index < -0.39 is 9.84 Å². The third-order valence-corrected chi connectivity index (χ3v) is 6.85. The fourth-order valence-corrected chi connectivity index (χ4v) is 4.75. The van der Waals surface area contributed by atoms with Crippen LogP contribution < -0.4 is 10.1 Å². The van der Waals surface area contributed by atoms with Gasteiger partial charge in [-0.3, -0.25) is 4.79 Å². The zero-order valence-electron chi connectivity index (χ0n) is 17.2. The first-order chi connectivity index (χ1) is 14.4. The summed E-state index contributed by atoms with van der Waals surface area (Å²) in [6.45, 7) is 0.479. The van der Waals surface area contributed by atoms with Crippen LogP contribution in [-0.2, 0) is 21.1 Å².